The molecule has 0 saturated carbocycles. The van der Waals surface area contributed by atoms with Crippen LogP contribution in [0.1, 0.15) is 5.56 Å². The minimum Gasteiger partial charge on any atom is -1.00 e. The standard InChI is InChI=1S/C17H16N2.ClH/c1-2-9-16(14-10-5-3-6-11-14)17(18)19-15-12-7-4-8-13-15;/h2-13H,1H2,(H2,18,19);1H/b16-9+;. The van der Waals surface area contributed by atoms with E-state index in [1.54, 1.807) is 6.08 Å². The van der Waals surface area contributed by atoms with Crippen LogP contribution in [0, 0.1) is 0 Å². The van der Waals surface area contributed by atoms with E-state index in [0.29, 0.717) is 5.84 Å². The van der Waals surface area contributed by atoms with Crippen LogP contribution in [-0.4, -0.2) is 5.84 Å². The fourth-order valence-corrected chi connectivity index (χ4v) is 1.82. The zero-order valence-corrected chi connectivity index (χ0v) is 11.8. The van der Waals surface area contributed by atoms with Crippen molar-refractivity contribution in [3.05, 3.63) is 85.0 Å². The smallest absolute Gasteiger partial charge is 0.278 e. The first-order valence-corrected chi connectivity index (χ1v) is 6.14. The van der Waals surface area contributed by atoms with Gasteiger partial charge in [-0.2, -0.15) is 0 Å². The molecule has 3 heteroatoms. The van der Waals surface area contributed by atoms with Crippen molar-refractivity contribution in [2.24, 2.45) is 5.73 Å². The highest BCUT2D eigenvalue weighted by atomic mass is 35.5. The third-order valence-electron chi connectivity index (χ3n) is 2.71. The lowest BCUT2D eigenvalue weighted by Gasteiger charge is -2.02. The van der Waals surface area contributed by atoms with Crippen molar-refractivity contribution in [2.45, 2.75) is 0 Å². The van der Waals surface area contributed by atoms with E-state index in [-0.39, 0.29) is 12.4 Å². The van der Waals surface area contributed by atoms with Crippen LogP contribution in [0.4, 0.5) is 5.69 Å². The molecule has 2 aromatic carbocycles. The van der Waals surface area contributed by atoms with E-state index >= 15 is 0 Å². The number of nitrogens with one attached hydrogen (secondary N) is 1. The average molecular weight is 285 g/mol. The molecule has 0 atom stereocenters. The molecule has 0 heterocycles. The van der Waals surface area contributed by atoms with E-state index in [9.17, 15) is 0 Å². The predicted octanol–water partition coefficient (Wildman–Crippen LogP) is -0.970. The van der Waals surface area contributed by atoms with Crippen molar-refractivity contribution in [3.63, 3.8) is 0 Å². The first-order valence-electron chi connectivity index (χ1n) is 6.14. The van der Waals surface area contributed by atoms with E-state index in [0.717, 1.165) is 16.8 Å². The molecule has 3 N–H and O–H groups in total. The molecule has 20 heavy (non-hydrogen) atoms. The van der Waals surface area contributed by atoms with E-state index < -0.39 is 0 Å². The van der Waals surface area contributed by atoms with Gasteiger partial charge in [-0.15, -0.1) is 0 Å². The van der Waals surface area contributed by atoms with Crippen LogP contribution in [0.5, 0.6) is 0 Å². The minimum absolute atomic E-state index is 0. The van der Waals surface area contributed by atoms with Gasteiger partial charge >= 0.3 is 0 Å². The molecule has 0 saturated heterocycles. The molecule has 0 spiro atoms. The summed E-state index contributed by atoms with van der Waals surface area (Å²) in [6, 6.07) is 19.9. The number of para-hydroxylation sites is 1. The maximum absolute atomic E-state index is 6.16. The van der Waals surface area contributed by atoms with Crippen LogP contribution < -0.4 is 23.1 Å². The second kappa shape index (κ2) is 7.97. The first kappa shape index (κ1) is 15.7. The number of amidine groups is 1. The Labute approximate surface area is 125 Å². The summed E-state index contributed by atoms with van der Waals surface area (Å²) in [6.07, 6.45) is 3.64. The SMILES string of the molecule is C=C/C=C(/C(N)=[NH+]c1ccccc1)c1ccccc1.[Cl-]. The molecule has 0 aromatic heterocycles. The van der Waals surface area contributed by atoms with Gasteiger partial charge in [-0.25, -0.2) is 4.99 Å². The maximum atomic E-state index is 6.16. The Bertz CT molecular complexity index is 601. The van der Waals surface area contributed by atoms with Crippen molar-refractivity contribution in [1.29, 1.82) is 0 Å². The Morgan fingerprint density at radius 1 is 0.950 bits per heavy atom. The molecule has 2 rings (SSSR count). The third kappa shape index (κ3) is 4.11. The summed E-state index contributed by atoms with van der Waals surface area (Å²) in [6.45, 7) is 3.74. The van der Waals surface area contributed by atoms with E-state index in [1.165, 1.54) is 0 Å². The van der Waals surface area contributed by atoms with E-state index in [4.69, 9.17) is 5.73 Å². The topological polar surface area (TPSA) is 40.0 Å². The summed E-state index contributed by atoms with van der Waals surface area (Å²) >= 11 is 0. The van der Waals surface area contributed by atoms with Crippen molar-refractivity contribution < 1.29 is 17.4 Å². The summed E-state index contributed by atoms with van der Waals surface area (Å²) in [5.74, 6) is 0.609. The first-order chi connectivity index (χ1) is 9.31. The van der Waals surface area contributed by atoms with E-state index in [2.05, 4.69) is 11.6 Å². The van der Waals surface area contributed by atoms with Gasteiger partial charge in [-0.3, -0.25) is 5.73 Å². The molecule has 0 fully saturated rings. The van der Waals surface area contributed by atoms with Gasteiger partial charge in [0.05, 0.1) is 5.57 Å². The lowest BCUT2D eigenvalue weighted by molar-refractivity contribution is -0.353. The zero-order valence-electron chi connectivity index (χ0n) is 11.1. The molecule has 0 unspecified atom stereocenters. The van der Waals surface area contributed by atoms with Crippen molar-refractivity contribution in [1.82, 2.24) is 0 Å². The summed E-state index contributed by atoms with van der Waals surface area (Å²) in [7, 11) is 0. The molecule has 0 radical (unpaired) electrons. The van der Waals surface area contributed by atoms with Crippen LogP contribution in [0.15, 0.2) is 79.4 Å². The minimum atomic E-state index is 0. The Hall–Kier alpha value is -2.32. The van der Waals surface area contributed by atoms with Gasteiger partial charge in [-0.05, 0) is 23.8 Å². The number of allylic oxidation sites excluding steroid dienone is 2. The Morgan fingerprint density at radius 3 is 2.05 bits per heavy atom. The summed E-state index contributed by atoms with van der Waals surface area (Å²) in [4.78, 5) is 3.20. The number of hydrogen-bond acceptors (Lipinski definition) is 0. The van der Waals surface area contributed by atoms with Crippen molar-refractivity contribution in [2.75, 3.05) is 0 Å². The number of hydrogen-bond donors (Lipinski definition) is 2. The largest absolute Gasteiger partial charge is 1.00 e. The molecule has 0 bridgehead atoms. The Morgan fingerprint density at radius 2 is 1.50 bits per heavy atom. The maximum Gasteiger partial charge on any atom is 0.278 e. The van der Waals surface area contributed by atoms with E-state index in [1.807, 2.05) is 66.7 Å². The summed E-state index contributed by atoms with van der Waals surface area (Å²) in [5.41, 5.74) is 9.11. The second-order valence-corrected chi connectivity index (χ2v) is 4.09. The van der Waals surface area contributed by atoms with Crippen LogP contribution in [0.2, 0.25) is 0 Å². The van der Waals surface area contributed by atoms with Gasteiger partial charge in [0.2, 0.25) is 0 Å². The third-order valence-corrected chi connectivity index (χ3v) is 2.71. The van der Waals surface area contributed by atoms with Gasteiger partial charge < -0.3 is 12.4 Å². The molecule has 102 valence electrons. The molecule has 0 aliphatic heterocycles. The summed E-state index contributed by atoms with van der Waals surface area (Å²) in [5, 5.41) is 0. The zero-order chi connectivity index (χ0) is 13.5. The molecule has 0 amide bonds. The van der Waals surface area contributed by atoms with Gasteiger partial charge in [-0.1, -0.05) is 61.2 Å². The highest BCUT2D eigenvalue weighted by Crippen LogP contribution is 2.12. The number of halogens is 1. The van der Waals surface area contributed by atoms with Gasteiger partial charge in [0.25, 0.3) is 5.84 Å². The van der Waals surface area contributed by atoms with Crippen LogP contribution in [0.3, 0.4) is 0 Å². The number of nitrogens with two attached hydrogens (primary N) is 1. The molecule has 0 aliphatic rings. The Kier molecular flexibility index (Phi) is 6.27. The Balaban J connectivity index is 0.00000200. The average Bonchev–Trinajstić information content (AvgIpc) is 2.46. The fourth-order valence-electron chi connectivity index (χ4n) is 1.82. The van der Waals surface area contributed by atoms with Crippen molar-refractivity contribution in [3.8, 4) is 0 Å². The molecular weight excluding hydrogens is 268 g/mol. The summed E-state index contributed by atoms with van der Waals surface area (Å²) < 4.78 is 0. The molecule has 2 nitrogen and oxygen atoms in total. The van der Waals surface area contributed by atoms with Gasteiger partial charge in [0.1, 0.15) is 5.69 Å². The van der Waals surface area contributed by atoms with Crippen LogP contribution in [-0.2, 0) is 0 Å². The normalized spacial score (nSPS) is 11.6. The second-order valence-electron chi connectivity index (χ2n) is 4.09. The monoisotopic (exact) mass is 284 g/mol. The van der Waals surface area contributed by atoms with Crippen LogP contribution in [0.25, 0.3) is 5.57 Å². The molecule has 0 aliphatic carbocycles. The number of benzene rings is 2. The van der Waals surface area contributed by atoms with Gasteiger partial charge in [0.15, 0.2) is 0 Å². The highest BCUT2D eigenvalue weighted by molar-refractivity contribution is 6.19. The fraction of sp³-hybridized carbons (Fsp3) is 0. The lowest BCUT2D eigenvalue weighted by atomic mass is 10.0. The van der Waals surface area contributed by atoms with Crippen molar-refractivity contribution >= 4 is 17.1 Å². The molecular formula is C17H17ClN2. The van der Waals surface area contributed by atoms with Crippen LogP contribution >= 0.6 is 0 Å². The van der Waals surface area contributed by atoms with Gasteiger partial charge in [0, 0.05) is 0 Å². The molecule has 2 aromatic rings. The quantitative estimate of drug-likeness (QED) is 0.423. The lowest BCUT2D eigenvalue weighted by Crippen LogP contribution is -3.00. The predicted molar refractivity (Wildman–Crippen MR) is 80.9 cm³/mol. The highest BCUT2D eigenvalue weighted by Gasteiger charge is 2.10. The number of rotatable bonds is 4.